The molecule has 0 bridgehead atoms. The first kappa shape index (κ1) is 24.8. The van der Waals surface area contributed by atoms with E-state index in [1.54, 1.807) is 20.8 Å². The summed E-state index contributed by atoms with van der Waals surface area (Å²) in [5.74, 6) is 0.268. The van der Waals surface area contributed by atoms with Gasteiger partial charge >= 0.3 is 12.1 Å². The van der Waals surface area contributed by atoms with Crippen LogP contribution in [0.4, 0.5) is 4.79 Å². The fourth-order valence-electron chi connectivity index (χ4n) is 3.20. The van der Waals surface area contributed by atoms with Crippen LogP contribution in [-0.4, -0.2) is 17.7 Å². The Morgan fingerprint density at radius 1 is 0.794 bits per heavy atom. The molecule has 3 aromatic carbocycles. The first-order valence-electron chi connectivity index (χ1n) is 11.2. The van der Waals surface area contributed by atoms with E-state index in [2.05, 4.69) is 5.32 Å². The van der Waals surface area contributed by atoms with E-state index in [0.29, 0.717) is 12.4 Å². The van der Waals surface area contributed by atoms with Crippen LogP contribution in [0.5, 0.6) is 5.75 Å². The summed E-state index contributed by atoms with van der Waals surface area (Å²) >= 11 is 0. The van der Waals surface area contributed by atoms with Gasteiger partial charge in [-0.15, -0.1) is 0 Å². The summed E-state index contributed by atoms with van der Waals surface area (Å²) in [6, 6.07) is 26.0. The molecule has 0 aromatic heterocycles. The van der Waals surface area contributed by atoms with Crippen molar-refractivity contribution in [2.75, 3.05) is 0 Å². The first-order chi connectivity index (χ1) is 16.3. The largest absolute Gasteiger partial charge is 0.489 e. The molecule has 34 heavy (non-hydrogen) atoms. The monoisotopic (exact) mass is 461 g/mol. The second kappa shape index (κ2) is 11.9. The average Bonchev–Trinajstić information content (AvgIpc) is 2.81. The van der Waals surface area contributed by atoms with E-state index in [9.17, 15) is 9.59 Å². The molecular weight excluding hydrogens is 430 g/mol. The third-order valence-electron chi connectivity index (χ3n) is 4.84. The van der Waals surface area contributed by atoms with Crippen molar-refractivity contribution in [2.24, 2.45) is 0 Å². The Bertz CT molecular complexity index is 1040. The second-order valence-corrected chi connectivity index (χ2v) is 8.89. The lowest BCUT2D eigenvalue weighted by Gasteiger charge is -2.23. The van der Waals surface area contributed by atoms with Crippen LogP contribution in [0.15, 0.2) is 84.9 Å². The fraction of sp³-hybridized carbons (Fsp3) is 0.286. The molecule has 0 saturated carbocycles. The highest BCUT2D eigenvalue weighted by atomic mass is 16.6. The SMILES string of the molecule is CC(C)(C)OC(=O)N[C@@H](CC(=O)OCc1ccccc1)c1ccc(OCc2ccccc2)cc1. The smallest absolute Gasteiger partial charge is 0.408 e. The van der Waals surface area contributed by atoms with Crippen molar-refractivity contribution in [1.82, 2.24) is 5.32 Å². The van der Waals surface area contributed by atoms with Gasteiger partial charge in [-0.3, -0.25) is 4.79 Å². The van der Waals surface area contributed by atoms with E-state index >= 15 is 0 Å². The molecule has 0 aliphatic carbocycles. The summed E-state index contributed by atoms with van der Waals surface area (Å²) in [7, 11) is 0. The highest BCUT2D eigenvalue weighted by molar-refractivity contribution is 5.73. The minimum Gasteiger partial charge on any atom is -0.489 e. The number of hydrogen-bond donors (Lipinski definition) is 1. The number of esters is 1. The minimum absolute atomic E-state index is 0.0315. The minimum atomic E-state index is -0.655. The standard InChI is InChI=1S/C28H31NO5/c1-28(2,3)34-27(31)29-25(18-26(30)33-20-22-12-8-5-9-13-22)23-14-16-24(17-15-23)32-19-21-10-6-4-7-11-21/h4-17,25H,18-20H2,1-3H3,(H,29,31)/t25-/m0/s1. The molecular formula is C28H31NO5. The number of carbonyl (C=O) groups excluding carboxylic acids is 2. The molecule has 1 atom stereocenters. The third kappa shape index (κ3) is 8.62. The molecule has 6 nitrogen and oxygen atoms in total. The van der Waals surface area contributed by atoms with Crippen LogP contribution in [0.3, 0.4) is 0 Å². The van der Waals surface area contributed by atoms with Gasteiger partial charge in [-0.1, -0.05) is 72.8 Å². The van der Waals surface area contributed by atoms with Crippen LogP contribution in [0, 0.1) is 0 Å². The Morgan fingerprint density at radius 3 is 1.91 bits per heavy atom. The van der Waals surface area contributed by atoms with Crippen molar-refractivity contribution in [2.45, 2.75) is 52.0 Å². The first-order valence-corrected chi connectivity index (χ1v) is 11.2. The zero-order valence-electron chi connectivity index (χ0n) is 19.8. The van der Waals surface area contributed by atoms with Gasteiger partial charge in [0, 0.05) is 0 Å². The van der Waals surface area contributed by atoms with Crippen molar-refractivity contribution in [3.05, 3.63) is 102 Å². The molecule has 0 aliphatic heterocycles. The van der Waals surface area contributed by atoms with Crippen LogP contribution in [0.2, 0.25) is 0 Å². The van der Waals surface area contributed by atoms with E-state index in [4.69, 9.17) is 14.2 Å². The van der Waals surface area contributed by atoms with Gasteiger partial charge in [0.2, 0.25) is 0 Å². The van der Waals surface area contributed by atoms with E-state index < -0.39 is 23.7 Å². The zero-order valence-corrected chi connectivity index (χ0v) is 19.8. The van der Waals surface area contributed by atoms with Gasteiger partial charge in [0.05, 0.1) is 12.5 Å². The van der Waals surface area contributed by atoms with Gasteiger partial charge in [-0.05, 0) is 49.6 Å². The number of carbonyl (C=O) groups is 2. The number of alkyl carbamates (subject to hydrolysis) is 1. The van der Waals surface area contributed by atoms with Crippen molar-refractivity contribution in [1.29, 1.82) is 0 Å². The van der Waals surface area contributed by atoms with Crippen molar-refractivity contribution in [3.63, 3.8) is 0 Å². The molecule has 3 rings (SSSR count). The van der Waals surface area contributed by atoms with Crippen LogP contribution in [-0.2, 0) is 27.5 Å². The predicted molar refractivity (Wildman–Crippen MR) is 130 cm³/mol. The van der Waals surface area contributed by atoms with Gasteiger partial charge in [0.25, 0.3) is 0 Å². The maximum absolute atomic E-state index is 12.6. The predicted octanol–water partition coefficient (Wildman–Crippen LogP) is 5.96. The second-order valence-electron chi connectivity index (χ2n) is 8.89. The molecule has 1 N–H and O–H groups in total. The average molecular weight is 462 g/mol. The van der Waals surface area contributed by atoms with Crippen LogP contribution < -0.4 is 10.1 Å². The topological polar surface area (TPSA) is 73.9 Å². The Kier molecular flexibility index (Phi) is 8.68. The van der Waals surface area contributed by atoms with Crippen LogP contribution in [0.25, 0.3) is 0 Å². The number of amides is 1. The summed E-state index contributed by atoms with van der Waals surface area (Å²) in [5.41, 5.74) is 2.05. The molecule has 178 valence electrons. The molecule has 3 aromatic rings. The maximum Gasteiger partial charge on any atom is 0.408 e. The highest BCUT2D eigenvalue weighted by Crippen LogP contribution is 2.23. The summed E-state index contributed by atoms with van der Waals surface area (Å²) in [6.45, 7) is 5.98. The molecule has 6 heteroatoms. The lowest BCUT2D eigenvalue weighted by atomic mass is 10.0. The highest BCUT2D eigenvalue weighted by Gasteiger charge is 2.23. The molecule has 0 saturated heterocycles. The molecule has 1 amide bonds. The fourth-order valence-corrected chi connectivity index (χ4v) is 3.20. The molecule has 0 unspecified atom stereocenters. The third-order valence-corrected chi connectivity index (χ3v) is 4.84. The van der Waals surface area contributed by atoms with Crippen LogP contribution >= 0.6 is 0 Å². The molecule has 0 spiro atoms. The lowest BCUT2D eigenvalue weighted by molar-refractivity contribution is -0.145. The Hall–Kier alpha value is -3.80. The summed E-state index contributed by atoms with van der Waals surface area (Å²) in [5, 5.41) is 2.79. The summed E-state index contributed by atoms with van der Waals surface area (Å²) < 4.78 is 16.6. The van der Waals surface area contributed by atoms with E-state index in [1.165, 1.54) is 0 Å². The van der Waals surface area contributed by atoms with E-state index in [1.807, 2.05) is 84.9 Å². The summed E-state index contributed by atoms with van der Waals surface area (Å²) in [4.78, 5) is 25.0. The number of ether oxygens (including phenoxy) is 3. The van der Waals surface area contributed by atoms with Gasteiger partial charge in [0.15, 0.2) is 0 Å². The Balaban J connectivity index is 1.65. The van der Waals surface area contributed by atoms with E-state index in [-0.39, 0.29) is 13.0 Å². The van der Waals surface area contributed by atoms with Gasteiger partial charge in [-0.25, -0.2) is 4.79 Å². The van der Waals surface area contributed by atoms with Crippen molar-refractivity contribution >= 4 is 12.1 Å². The van der Waals surface area contributed by atoms with Crippen LogP contribution in [0.1, 0.15) is 49.9 Å². The van der Waals surface area contributed by atoms with Crippen molar-refractivity contribution in [3.8, 4) is 5.75 Å². The maximum atomic E-state index is 12.6. The number of hydrogen-bond acceptors (Lipinski definition) is 5. The number of benzene rings is 3. The number of rotatable bonds is 9. The lowest BCUT2D eigenvalue weighted by Crippen LogP contribution is -2.36. The molecule has 0 radical (unpaired) electrons. The molecule has 0 heterocycles. The van der Waals surface area contributed by atoms with Gasteiger partial charge in [-0.2, -0.15) is 0 Å². The zero-order chi connectivity index (χ0) is 24.4. The normalized spacial score (nSPS) is 11.9. The van der Waals surface area contributed by atoms with Gasteiger partial charge in [0.1, 0.15) is 24.6 Å². The molecule has 0 aliphatic rings. The van der Waals surface area contributed by atoms with Gasteiger partial charge < -0.3 is 19.5 Å². The summed E-state index contributed by atoms with van der Waals surface area (Å²) in [6.07, 6.45) is -0.631. The van der Waals surface area contributed by atoms with Crippen molar-refractivity contribution < 1.29 is 23.8 Å². The Labute approximate surface area is 200 Å². The Morgan fingerprint density at radius 2 is 1.35 bits per heavy atom. The molecule has 0 fully saturated rings. The number of nitrogens with one attached hydrogen (secondary N) is 1. The van der Waals surface area contributed by atoms with E-state index in [0.717, 1.165) is 16.7 Å². The quantitative estimate of drug-likeness (QED) is 0.398.